The van der Waals surface area contributed by atoms with E-state index in [-0.39, 0.29) is 5.69 Å². The lowest BCUT2D eigenvalue weighted by Gasteiger charge is -2.14. The quantitative estimate of drug-likeness (QED) is 0.496. The Labute approximate surface area is 125 Å². The van der Waals surface area contributed by atoms with Gasteiger partial charge in [0.15, 0.2) is 6.29 Å². The van der Waals surface area contributed by atoms with Crippen LogP contribution in [0.1, 0.15) is 16.4 Å². The maximum absolute atomic E-state index is 12.0. The van der Waals surface area contributed by atoms with Gasteiger partial charge in [-0.3, -0.25) is 4.57 Å². The van der Waals surface area contributed by atoms with Crippen LogP contribution < -0.4 is 5.69 Å². The van der Waals surface area contributed by atoms with E-state index in [9.17, 15) is 4.79 Å². The van der Waals surface area contributed by atoms with Gasteiger partial charge in [-0.05, 0) is 24.6 Å². The maximum atomic E-state index is 12.0. The van der Waals surface area contributed by atoms with Gasteiger partial charge in [-0.2, -0.15) is 0 Å². The number of imidazole rings is 1. The average Bonchev–Trinajstić information content (AvgIpc) is 2.70. The van der Waals surface area contributed by atoms with Crippen molar-refractivity contribution in [2.24, 2.45) is 0 Å². The van der Waals surface area contributed by atoms with Crippen molar-refractivity contribution in [2.75, 3.05) is 14.2 Å². The number of rotatable bonds is 5. The zero-order valence-electron chi connectivity index (χ0n) is 11.1. The highest BCUT2D eigenvalue weighted by molar-refractivity contribution is 14.1. The van der Waals surface area contributed by atoms with Gasteiger partial charge >= 0.3 is 5.69 Å². The minimum absolute atomic E-state index is 0.146. The van der Waals surface area contributed by atoms with Crippen LogP contribution in [0.15, 0.2) is 23.0 Å². The van der Waals surface area contributed by atoms with E-state index in [1.54, 1.807) is 18.8 Å². The molecule has 0 saturated heterocycles. The number of hydrogen-bond donors (Lipinski definition) is 1. The van der Waals surface area contributed by atoms with E-state index >= 15 is 0 Å². The first-order valence-corrected chi connectivity index (χ1v) is 7.23. The van der Waals surface area contributed by atoms with E-state index < -0.39 is 6.29 Å². The Hall–Kier alpha value is -0.860. The van der Waals surface area contributed by atoms with Crippen LogP contribution in [0.25, 0.3) is 11.0 Å². The Kier molecular flexibility index (Phi) is 4.64. The van der Waals surface area contributed by atoms with Gasteiger partial charge in [0.05, 0.1) is 17.6 Å². The summed E-state index contributed by atoms with van der Waals surface area (Å²) in [5, 5.41) is 0. The van der Waals surface area contributed by atoms with Crippen molar-refractivity contribution < 1.29 is 9.47 Å². The molecule has 1 atom stereocenters. The van der Waals surface area contributed by atoms with Crippen molar-refractivity contribution >= 4 is 33.6 Å². The number of fused-ring (bicyclic) bond motifs is 1. The number of aromatic nitrogens is 2. The number of ether oxygens (including phenoxy) is 2. The summed E-state index contributed by atoms with van der Waals surface area (Å²) < 4.78 is 12.4. The Morgan fingerprint density at radius 3 is 2.63 bits per heavy atom. The number of nitrogens with zero attached hydrogens (tertiary/aromatic N) is 1. The fourth-order valence-corrected chi connectivity index (χ4v) is 2.38. The van der Waals surface area contributed by atoms with Gasteiger partial charge in [0.1, 0.15) is 0 Å². The second kappa shape index (κ2) is 6.06. The van der Waals surface area contributed by atoms with Gasteiger partial charge in [0, 0.05) is 18.1 Å². The van der Waals surface area contributed by atoms with Crippen LogP contribution in [0.2, 0.25) is 0 Å². The predicted octanol–water partition coefficient (Wildman–Crippen LogP) is 2.44. The fourth-order valence-electron chi connectivity index (χ4n) is 1.99. The molecule has 1 unspecified atom stereocenters. The van der Waals surface area contributed by atoms with Crippen molar-refractivity contribution in [3.63, 3.8) is 0 Å². The Morgan fingerprint density at radius 2 is 2.05 bits per heavy atom. The van der Waals surface area contributed by atoms with Crippen LogP contribution in [0.5, 0.6) is 0 Å². The molecule has 0 aliphatic carbocycles. The van der Waals surface area contributed by atoms with Gasteiger partial charge in [-0.15, -0.1) is 0 Å². The third-order valence-corrected chi connectivity index (χ3v) is 3.84. The first-order chi connectivity index (χ1) is 9.06. The van der Waals surface area contributed by atoms with Crippen LogP contribution in [0.3, 0.4) is 0 Å². The molecule has 0 aliphatic rings. The van der Waals surface area contributed by atoms with Gasteiger partial charge in [0.2, 0.25) is 0 Å². The lowest BCUT2D eigenvalue weighted by molar-refractivity contribution is -0.110. The summed E-state index contributed by atoms with van der Waals surface area (Å²) in [6.45, 7) is 2.48. The molecular formula is C13H17IN2O3. The van der Waals surface area contributed by atoms with Crippen molar-refractivity contribution in [3.8, 4) is 0 Å². The molecule has 1 heterocycles. The number of methoxy groups -OCH3 is 2. The SMILES string of the molecule is COC(Cn1c(=O)[nH]c2ccc(C(C)I)cc21)OC. The zero-order chi connectivity index (χ0) is 14.0. The van der Waals surface area contributed by atoms with E-state index in [0.717, 1.165) is 11.0 Å². The third-order valence-electron chi connectivity index (χ3n) is 3.12. The Balaban J connectivity index is 2.49. The monoisotopic (exact) mass is 376 g/mol. The number of benzene rings is 1. The van der Waals surface area contributed by atoms with Crippen LogP contribution in [-0.4, -0.2) is 30.1 Å². The fraction of sp³-hybridized carbons (Fsp3) is 0.462. The highest BCUT2D eigenvalue weighted by Crippen LogP contribution is 2.25. The standard InChI is InChI=1S/C13H17IN2O3/c1-8(14)9-4-5-10-11(6-9)16(13(17)15-10)7-12(18-2)19-3/h4-6,8,12H,7H2,1-3H3,(H,15,17). The molecule has 1 aromatic carbocycles. The molecule has 6 heteroatoms. The van der Waals surface area contributed by atoms with E-state index in [1.165, 1.54) is 5.56 Å². The molecule has 0 saturated carbocycles. The Bertz CT molecular complexity index is 614. The summed E-state index contributed by atoms with van der Waals surface area (Å²) in [5.74, 6) is 0. The summed E-state index contributed by atoms with van der Waals surface area (Å²) in [6.07, 6.45) is -0.433. The molecule has 5 nitrogen and oxygen atoms in total. The first kappa shape index (κ1) is 14.5. The number of nitrogens with one attached hydrogen (secondary N) is 1. The molecule has 104 valence electrons. The normalized spacial score (nSPS) is 13.3. The number of H-pyrrole nitrogens is 1. The third kappa shape index (κ3) is 3.01. The predicted molar refractivity (Wildman–Crippen MR) is 82.8 cm³/mol. The van der Waals surface area contributed by atoms with Gasteiger partial charge in [-0.25, -0.2) is 4.79 Å². The largest absolute Gasteiger partial charge is 0.354 e. The van der Waals surface area contributed by atoms with Gasteiger partial charge in [-0.1, -0.05) is 28.7 Å². The first-order valence-electron chi connectivity index (χ1n) is 5.99. The van der Waals surface area contributed by atoms with E-state index in [2.05, 4.69) is 34.5 Å². The van der Waals surface area contributed by atoms with E-state index in [1.807, 2.05) is 18.2 Å². The smallest absolute Gasteiger partial charge is 0.326 e. The van der Waals surface area contributed by atoms with Crippen LogP contribution in [0, 0.1) is 0 Å². The minimum atomic E-state index is -0.433. The molecule has 0 bridgehead atoms. The van der Waals surface area contributed by atoms with Crippen LogP contribution in [-0.2, 0) is 16.0 Å². The minimum Gasteiger partial charge on any atom is -0.354 e. The molecule has 2 rings (SSSR count). The van der Waals surface area contributed by atoms with Crippen molar-refractivity contribution in [1.29, 1.82) is 0 Å². The molecule has 0 amide bonds. The van der Waals surface area contributed by atoms with Crippen LogP contribution >= 0.6 is 22.6 Å². The molecule has 0 radical (unpaired) electrons. The lowest BCUT2D eigenvalue weighted by Crippen LogP contribution is -2.27. The summed E-state index contributed by atoms with van der Waals surface area (Å²) >= 11 is 2.35. The molecular weight excluding hydrogens is 359 g/mol. The molecule has 0 spiro atoms. The molecule has 19 heavy (non-hydrogen) atoms. The van der Waals surface area contributed by atoms with Gasteiger partial charge < -0.3 is 14.5 Å². The summed E-state index contributed by atoms with van der Waals surface area (Å²) in [4.78, 5) is 14.8. The topological polar surface area (TPSA) is 56.2 Å². The molecule has 0 fully saturated rings. The average molecular weight is 376 g/mol. The second-order valence-corrected chi connectivity index (χ2v) is 6.20. The molecule has 1 N–H and O–H groups in total. The highest BCUT2D eigenvalue weighted by Gasteiger charge is 2.13. The van der Waals surface area contributed by atoms with E-state index in [0.29, 0.717) is 10.5 Å². The number of hydrogen-bond acceptors (Lipinski definition) is 3. The molecule has 1 aromatic heterocycles. The molecule has 0 aliphatic heterocycles. The van der Waals surface area contributed by atoms with Gasteiger partial charge in [0.25, 0.3) is 0 Å². The lowest BCUT2D eigenvalue weighted by atomic mass is 10.1. The zero-order valence-corrected chi connectivity index (χ0v) is 13.3. The number of alkyl halides is 1. The summed E-state index contributed by atoms with van der Waals surface area (Å²) in [5.41, 5.74) is 2.75. The second-order valence-electron chi connectivity index (χ2n) is 4.33. The summed E-state index contributed by atoms with van der Waals surface area (Å²) in [7, 11) is 3.12. The maximum Gasteiger partial charge on any atom is 0.326 e. The highest BCUT2D eigenvalue weighted by atomic mass is 127. The summed E-state index contributed by atoms with van der Waals surface area (Å²) in [6, 6.07) is 6.00. The molecule has 2 aromatic rings. The Morgan fingerprint density at radius 1 is 1.37 bits per heavy atom. The van der Waals surface area contributed by atoms with Crippen molar-refractivity contribution in [2.45, 2.75) is 23.7 Å². The number of halogens is 1. The van der Waals surface area contributed by atoms with Crippen LogP contribution in [0.4, 0.5) is 0 Å². The van der Waals surface area contributed by atoms with E-state index in [4.69, 9.17) is 9.47 Å². The van der Waals surface area contributed by atoms with Crippen molar-refractivity contribution in [3.05, 3.63) is 34.2 Å². The van der Waals surface area contributed by atoms with Crippen molar-refractivity contribution in [1.82, 2.24) is 9.55 Å². The number of aromatic amines is 1.